The number of esters is 2. The molecule has 0 amide bonds. The number of carbonyl (C=O) groups excluding carboxylic acids is 2. The molecule has 1 aromatic heterocycles. The first-order valence-electron chi connectivity index (χ1n) is 7.09. The van der Waals surface area contributed by atoms with Gasteiger partial charge in [0.05, 0.1) is 10.7 Å². The van der Waals surface area contributed by atoms with Gasteiger partial charge in [0.1, 0.15) is 5.69 Å². The minimum absolute atomic E-state index is 0.235. The van der Waals surface area contributed by atoms with Crippen LogP contribution in [-0.4, -0.2) is 27.5 Å². The van der Waals surface area contributed by atoms with Gasteiger partial charge in [-0.3, -0.25) is 0 Å². The van der Waals surface area contributed by atoms with E-state index in [4.69, 9.17) is 21.1 Å². The van der Waals surface area contributed by atoms with Gasteiger partial charge in [-0.15, -0.1) is 0 Å². The first-order chi connectivity index (χ1) is 11.4. The van der Waals surface area contributed by atoms with Gasteiger partial charge in [-0.05, 0) is 18.2 Å². The number of aromatic nitrogens is 2. The summed E-state index contributed by atoms with van der Waals surface area (Å²) in [7, 11) is 0. The molecule has 1 aliphatic rings. The van der Waals surface area contributed by atoms with E-state index in [1.807, 2.05) is 0 Å². The Morgan fingerprint density at radius 3 is 2.54 bits per heavy atom. The number of hydrogen-bond acceptors (Lipinski definition) is 6. The zero-order valence-electron chi connectivity index (χ0n) is 12.9. The molecule has 1 saturated heterocycles. The summed E-state index contributed by atoms with van der Waals surface area (Å²) in [6.45, 7) is 2.97. The number of carbonyl (C=O) groups is 2. The quantitative estimate of drug-likeness (QED) is 0.522. The minimum atomic E-state index is -1.28. The van der Waals surface area contributed by atoms with Crippen molar-refractivity contribution in [2.75, 3.05) is 5.32 Å². The van der Waals surface area contributed by atoms with Crippen molar-refractivity contribution in [1.82, 2.24) is 9.78 Å². The van der Waals surface area contributed by atoms with E-state index in [9.17, 15) is 9.59 Å². The number of rotatable bonds is 3. The molecular weight excluding hydrogens is 334 g/mol. The summed E-state index contributed by atoms with van der Waals surface area (Å²) in [5, 5.41) is 7.49. The molecule has 2 aromatic rings. The van der Waals surface area contributed by atoms with Crippen LogP contribution in [0.25, 0.3) is 5.69 Å². The second kappa shape index (κ2) is 6.01. The minimum Gasteiger partial charge on any atom is -0.419 e. The predicted molar refractivity (Wildman–Crippen MR) is 86.5 cm³/mol. The van der Waals surface area contributed by atoms with Crippen molar-refractivity contribution in [3.63, 3.8) is 0 Å². The molecule has 0 bridgehead atoms. The number of cyclic esters (lactones) is 2. The van der Waals surface area contributed by atoms with Crippen LogP contribution in [0.1, 0.15) is 13.8 Å². The number of anilines is 1. The average Bonchev–Trinajstić information content (AvgIpc) is 2.99. The number of hydrogen-bond donors (Lipinski definition) is 1. The number of benzene rings is 1. The second-order valence-corrected chi connectivity index (χ2v) is 5.88. The van der Waals surface area contributed by atoms with Crippen molar-refractivity contribution in [3.8, 4) is 5.69 Å². The third kappa shape index (κ3) is 3.11. The van der Waals surface area contributed by atoms with Crippen LogP contribution in [0.4, 0.5) is 5.69 Å². The molecule has 0 saturated carbocycles. The lowest BCUT2D eigenvalue weighted by Crippen LogP contribution is -2.42. The molecule has 8 heteroatoms. The normalized spacial score (nSPS) is 16.4. The summed E-state index contributed by atoms with van der Waals surface area (Å²) in [5.74, 6) is -2.79. The fourth-order valence-electron chi connectivity index (χ4n) is 2.19. The van der Waals surface area contributed by atoms with Gasteiger partial charge in [0.25, 0.3) is 5.79 Å². The van der Waals surface area contributed by atoms with Crippen LogP contribution in [0.5, 0.6) is 0 Å². The van der Waals surface area contributed by atoms with E-state index in [0.717, 1.165) is 0 Å². The molecule has 24 heavy (non-hydrogen) atoms. The maximum absolute atomic E-state index is 11.9. The molecule has 1 N–H and O–H groups in total. The van der Waals surface area contributed by atoms with Gasteiger partial charge < -0.3 is 14.8 Å². The average molecular weight is 348 g/mol. The first-order valence-corrected chi connectivity index (χ1v) is 7.47. The van der Waals surface area contributed by atoms with Gasteiger partial charge in [0.15, 0.2) is 5.57 Å². The molecule has 0 aliphatic carbocycles. The van der Waals surface area contributed by atoms with Gasteiger partial charge in [-0.25, -0.2) is 14.3 Å². The lowest BCUT2D eigenvalue weighted by atomic mass is 10.2. The highest BCUT2D eigenvalue weighted by atomic mass is 35.5. The number of para-hydroxylation sites is 1. The van der Waals surface area contributed by atoms with E-state index in [1.54, 1.807) is 41.3 Å². The molecule has 1 aromatic carbocycles. The number of ether oxygens (including phenoxy) is 2. The van der Waals surface area contributed by atoms with Crippen molar-refractivity contribution >= 4 is 29.2 Å². The molecule has 7 nitrogen and oxygen atoms in total. The summed E-state index contributed by atoms with van der Waals surface area (Å²) < 4.78 is 11.6. The second-order valence-electron chi connectivity index (χ2n) is 5.47. The molecule has 0 atom stereocenters. The molecular formula is C16H14ClN3O4. The van der Waals surface area contributed by atoms with Crippen LogP contribution < -0.4 is 5.32 Å². The van der Waals surface area contributed by atoms with Gasteiger partial charge in [0, 0.05) is 32.4 Å². The summed E-state index contributed by atoms with van der Waals surface area (Å²) in [6, 6.07) is 6.94. The third-order valence-corrected chi connectivity index (χ3v) is 3.51. The molecule has 1 aliphatic heterocycles. The number of nitrogens with zero attached hydrogens (tertiary/aromatic N) is 2. The molecule has 0 unspecified atom stereocenters. The van der Waals surface area contributed by atoms with Gasteiger partial charge in [-0.2, -0.15) is 5.10 Å². The summed E-state index contributed by atoms with van der Waals surface area (Å²) >= 11 is 6.23. The summed E-state index contributed by atoms with van der Waals surface area (Å²) in [6.07, 6.45) is 4.58. The van der Waals surface area contributed by atoms with Crippen LogP contribution in [0, 0.1) is 0 Å². The summed E-state index contributed by atoms with van der Waals surface area (Å²) in [5.41, 5.74) is 0.906. The standard InChI is InChI=1S/C16H14ClN3O4/c1-16(2)23-14(21)10(15(22)24-16)9-18-12-6-3-5-11(17)13(12)20-8-4-7-19-20/h3-9,18H,1-2H3. The van der Waals surface area contributed by atoms with Crippen molar-refractivity contribution in [3.05, 3.63) is 53.5 Å². The lowest BCUT2D eigenvalue weighted by Gasteiger charge is -2.29. The Kier molecular flexibility index (Phi) is 4.02. The van der Waals surface area contributed by atoms with Crippen LogP contribution in [0.3, 0.4) is 0 Å². The van der Waals surface area contributed by atoms with Crippen LogP contribution in [0.15, 0.2) is 48.4 Å². The lowest BCUT2D eigenvalue weighted by molar-refractivity contribution is -0.222. The molecule has 0 spiro atoms. The van der Waals surface area contributed by atoms with Crippen LogP contribution in [-0.2, 0) is 19.1 Å². The monoisotopic (exact) mass is 347 g/mol. The van der Waals surface area contributed by atoms with Crippen molar-refractivity contribution < 1.29 is 19.1 Å². The number of halogens is 1. The zero-order chi connectivity index (χ0) is 17.3. The molecule has 2 heterocycles. The van der Waals surface area contributed by atoms with E-state index in [0.29, 0.717) is 16.4 Å². The van der Waals surface area contributed by atoms with Crippen LogP contribution in [0.2, 0.25) is 5.02 Å². The molecule has 1 fully saturated rings. The Bertz CT molecular complexity index is 806. The van der Waals surface area contributed by atoms with Crippen molar-refractivity contribution in [2.24, 2.45) is 0 Å². The van der Waals surface area contributed by atoms with Gasteiger partial charge >= 0.3 is 11.9 Å². The fraction of sp³-hybridized carbons (Fsp3) is 0.188. The topological polar surface area (TPSA) is 82.5 Å². The van der Waals surface area contributed by atoms with E-state index < -0.39 is 17.7 Å². The highest BCUT2D eigenvalue weighted by Gasteiger charge is 2.39. The maximum Gasteiger partial charge on any atom is 0.350 e. The van der Waals surface area contributed by atoms with Crippen LogP contribution >= 0.6 is 11.6 Å². The Morgan fingerprint density at radius 2 is 1.92 bits per heavy atom. The van der Waals surface area contributed by atoms with Crippen molar-refractivity contribution in [1.29, 1.82) is 0 Å². The molecule has 124 valence electrons. The third-order valence-electron chi connectivity index (χ3n) is 3.21. The Morgan fingerprint density at radius 1 is 1.21 bits per heavy atom. The zero-order valence-corrected chi connectivity index (χ0v) is 13.7. The Labute approximate surface area is 142 Å². The van der Waals surface area contributed by atoms with E-state index >= 15 is 0 Å². The maximum atomic E-state index is 11.9. The highest BCUT2D eigenvalue weighted by Crippen LogP contribution is 2.29. The highest BCUT2D eigenvalue weighted by molar-refractivity contribution is 6.33. The van der Waals surface area contributed by atoms with E-state index in [-0.39, 0.29) is 5.57 Å². The van der Waals surface area contributed by atoms with Crippen molar-refractivity contribution in [2.45, 2.75) is 19.6 Å². The summed E-state index contributed by atoms with van der Waals surface area (Å²) in [4.78, 5) is 23.9. The smallest absolute Gasteiger partial charge is 0.350 e. The molecule has 0 radical (unpaired) electrons. The Balaban J connectivity index is 1.92. The van der Waals surface area contributed by atoms with E-state index in [2.05, 4.69) is 10.4 Å². The Hall–Kier alpha value is -2.80. The first kappa shape index (κ1) is 16.1. The molecule has 3 rings (SSSR count). The largest absolute Gasteiger partial charge is 0.419 e. The van der Waals surface area contributed by atoms with Gasteiger partial charge in [0.2, 0.25) is 0 Å². The fourth-order valence-corrected chi connectivity index (χ4v) is 2.46. The SMILES string of the molecule is CC1(C)OC(=O)C(=CNc2cccc(Cl)c2-n2cccn2)C(=O)O1. The predicted octanol–water partition coefficient (Wildman–Crippen LogP) is 2.66. The van der Waals surface area contributed by atoms with E-state index in [1.165, 1.54) is 20.0 Å². The van der Waals surface area contributed by atoms with Gasteiger partial charge in [-0.1, -0.05) is 17.7 Å². The number of nitrogens with one attached hydrogen (secondary N) is 1.